The number of aryl methyl sites for hydroxylation is 1. The molecule has 2 aromatic carbocycles. The Hall–Kier alpha value is -2.66. The SMILES string of the molecule is COc1ccccc1/C=C/C(=O)NC(=S)Nc1ccc(C)cc1. The Labute approximate surface area is 141 Å². The Balaban J connectivity index is 1.92. The lowest BCUT2D eigenvalue weighted by Gasteiger charge is -2.08. The number of hydrogen-bond donors (Lipinski definition) is 2. The molecular weight excluding hydrogens is 308 g/mol. The monoisotopic (exact) mass is 326 g/mol. The van der Waals surface area contributed by atoms with Gasteiger partial charge in [-0.3, -0.25) is 10.1 Å². The van der Waals surface area contributed by atoms with Crippen LogP contribution in [0.5, 0.6) is 5.75 Å². The molecule has 0 spiro atoms. The van der Waals surface area contributed by atoms with Gasteiger partial charge in [-0.1, -0.05) is 35.9 Å². The highest BCUT2D eigenvalue weighted by molar-refractivity contribution is 7.80. The van der Waals surface area contributed by atoms with Crippen LogP contribution in [0.25, 0.3) is 6.08 Å². The summed E-state index contributed by atoms with van der Waals surface area (Å²) >= 11 is 5.12. The molecule has 2 rings (SSSR count). The Morgan fingerprint density at radius 1 is 1.13 bits per heavy atom. The Morgan fingerprint density at radius 2 is 1.83 bits per heavy atom. The van der Waals surface area contributed by atoms with E-state index in [9.17, 15) is 4.79 Å². The van der Waals surface area contributed by atoms with E-state index in [-0.39, 0.29) is 11.0 Å². The van der Waals surface area contributed by atoms with Crippen LogP contribution in [0.1, 0.15) is 11.1 Å². The fourth-order valence-electron chi connectivity index (χ4n) is 1.92. The maximum absolute atomic E-state index is 11.9. The van der Waals surface area contributed by atoms with Gasteiger partial charge in [0, 0.05) is 17.3 Å². The van der Waals surface area contributed by atoms with Gasteiger partial charge < -0.3 is 10.1 Å². The first-order valence-electron chi connectivity index (χ1n) is 7.08. The van der Waals surface area contributed by atoms with Crippen molar-refractivity contribution >= 4 is 35.0 Å². The summed E-state index contributed by atoms with van der Waals surface area (Å²) in [4.78, 5) is 11.9. The van der Waals surface area contributed by atoms with Gasteiger partial charge in [-0.2, -0.15) is 0 Å². The van der Waals surface area contributed by atoms with Crippen LogP contribution in [-0.2, 0) is 4.79 Å². The number of carbonyl (C=O) groups is 1. The highest BCUT2D eigenvalue weighted by atomic mass is 32.1. The quantitative estimate of drug-likeness (QED) is 0.667. The molecule has 23 heavy (non-hydrogen) atoms. The number of ether oxygens (including phenoxy) is 1. The second-order valence-corrected chi connectivity index (χ2v) is 5.29. The second kappa shape index (κ2) is 8.10. The van der Waals surface area contributed by atoms with E-state index in [4.69, 9.17) is 17.0 Å². The van der Waals surface area contributed by atoms with Crippen molar-refractivity contribution in [2.24, 2.45) is 0 Å². The van der Waals surface area contributed by atoms with E-state index >= 15 is 0 Å². The van der Waals surface area contributed by atoms with E-state index < -0.39 is 0 Å². The number of nitrogens with one attached hydrogen (secondary N) is 2. The largest absolute Gasteiger partial charge is 0.496 e. The van der Waals surface area contributed by atoms with E-state index in [2.05, 4.69) is 10.6 Å². The highest BCUT2D eigenvalue weighted by Gasteiger charge is 2.03. The van der Waals surface area contributed by atoms with Crippen molar-refractivity contribution in [3.63, 3.8) is 0 Å². The molecule has 1 amide bonds. The fraction of sp³-hybridized carbons (Fsp3) is 0.111. The molecule has 0 atom stereocenters. The normalized spacial score (nSPS) is 10.3. The zero-order valence-electron chi connectivity index (χ0n) is 13.0. The van der Waals surface area contributed by atoms with E-state index in [1.54, 1.807) is 13.2 Å². The third kappa shape index (κ3) is 5.23. The maximum Gasteiger partial charge on any atom is 0.250 e. The minimum atomic E-state index is -0.305. The topological polar surface area (TPSA) is 50.4 Å². The van der Waals surface area contributed by atoms with Gasteiger partial charge in [0.15, 0.2) is 5.11 Å². The number of methoxy groups -OCH3 is 1. The summed E-state index contributed by atoms with van der Waals surface area (Å²) in [5.74, 6) is 0.400. The molecular formula is C18H18N2O2S. The molecule has 0 aliphatic heterocycles. The van der Waals surface area contributed by atoms with E-state index in [1.807, 2.05) is 55.5 Å². The first-order chi connectivity index (χ1) is 11.1. The van der Waals surface area contributed by atoms with Crippen LogP contribution >= 0.6 is 12.2 Å². The number of carbonyl (C=O) groups excluding carboxylic acids is 1. The number of rotatable bonds is 4. The number of anilines is 1. The lowest BCUT2D eigenvalue weighted by Crippen LogP contribution is -2.32. The van der Waals surface area contributed by atoms with Gasteiger partial charge in [0.1, 0.15) is 5.75 Å². The first kappa shape index (κ1) is 16.7. The molecule has 0 aliphatic rings. The molecule has 0 fully saturated rings. The molecule has 0 bridgehead atoms. The van der Waals surface area contributed by atoms with Crippen LogP contribution in [0, 0.1) is 6.92 Å². The maximum atomic E-state index is 11.9. The number of hydrogen-bond acceptors (Lipinski definition) is 3. The molecule has 0 heterocycles. The van der Waals surface area contributed by atoms with Gasteiger partial charge in [0.25, 0.3) is 0 Å². The van der Waals surface area contributed by atoms with Gasteiger partial charge in [-0.05, 0) is 43.4 Å². The molecule has 0 saturated carbocycles. The Bertz CT molecular complexity index is 724. The molecule has 0 unspecified atom stereocenters. The molecule has 0 radical (unpaired) electrons. The van der Waals surface area contributed by atoms with Crippen molar-refractivity contribution < 1.29 is 9.53 Å². The third-order valence-electron chi connectivity index (χ3n) is 3.10. The summed E-state index contributed by atoms with van der Waals surface area (Å²) in [6, 6.07) is 15.2. The summed E-state index contributed by atoms with van der Waals surface area (Å²) in [5, 5.41) is 5.82. The van der Waals surface area contributed by atoms with Crippen LogP contribution in [0.15, 0.2) is 54.6 Å². The molecule has 0 aliphatic carbocycles. The van der Waals surface area contributed by atoms with Crippen LogP contribution in [0.4, 0.5) is 5.69 Å². The summed E-state index contributed by atoms with van der Waals surface area (Å²) in [6.07, 6.45) is 3.10. The Morgan fingerprint density at radius 3 is 2.52 bits per heavy atom. The number of benzene rings is 2. The molecule has 2 aromatic rings. The zero-order valence-corrected chi connectivity index (χ0v) is 13.8. The fourth-order valence-corrected chi connectivity index (χ4v) is 2.14. The van der Waals surface area contributed by atoms with E-state index in [0.717, 1.165) is 16.8 Å². The minimum absolute atomic E-state index is 0.253. The molecule has 0 saturated heterocycles. The van der Waals surface area contributed by atoms with Crippen LogP contribution < -0.4 is 15.4 Å². The molecule has 118 valence electrons. The zero-order chi connectivity index (χ0) is 16.7. The first-order valence-corrected chi connectivity index (χ1v) is 7.49. The minimum Gasteiger partial charge on any atom is -0.496 e. The Kier molecular flexibility index (Phi) is 5.88. The molecule has 4 nitrogen and oxygen atoms in total. The van der Waals surface area contributed by atoms with Crippen molar-refractivity contribution in [1.29, 1.82) is 0 Å². The van der Waals surface area contributed by atoms with Crippen LogP contribution in [0.3, 0.4) is 0 Å². The van der Waals surface area contributed by atoms with E-state index in [0.29, 0.717) is 5.75 Å². The summed E-state index contributed by atoms with van der Waals surface area (Å²) in [7, 11) is 1.59. The van der Waals surface area contributed by atoms with Crippen molar-refractivity contribution in [1.82, 2.24) is 5.32 Å². The average Bonchev–Trinajstić information content (AvgIpc) is 2.55. The number of para-hydroxylation sites is 1. The van der Waals surface area contributed by atoms with Gasteiger partial charge in [-0.15, -0.1) is 0 Å². The van der Waals surface area contributed by atoms with Gasteiger partial charge in [0.2, 0.25) is 5.91 Å². The predicted octanol–water partition coefficient (Wildman–Crippen LogP) is 3.53. The van der Waals surface area contributed by atoms with Crippen molar-refractivity contribution in [2.75, 3.05) is 12.4 Å². The predicted molar refractivity (Wildman–Crippen MR) is 97.6 cm³/mol. The van der Waals surface area contributed by atoms with E-state index in [1.165, 1.54) is 6.08 Å². The summed E-state index contributed by atoms with van der Waals surface area (Å²) in [5.41, 5.74) is 2.81. The van der Waals surface area contributed by atoms with Crippen molar-refractivity contribution in [2.45, 2.75) is 6.92 Å². The smallest absolute Gasteiger partial charge is 0.250 e. The summed E-state index contributed by atoms with van der Waals surface area (Å²) < 4.78 is 5.23. The lowest BCUT2D eigenvalue weighted by atomic mass is 10.2. The highest BCUT2D eigenvalue weighted by Crippen LogP contribution is 2.18. The van der Waals surface area contributed by atoms with Gasteiger partial charge >= 0.3 is 0 Å². The second-order valence-electron chi connectivity index (χ2n) is 4.88. The summed E-state index contributed by atoms with van der Waals surface area (Å²) in [6.45, 7) is 2.01. The molecule has 5 heteroatoms. The molecule has 0 aromatic heterocycles. The van der Waals surface area contributed by atoms with Gasteiger partial charge in [0.05, 0.1) is 7.11 Å². The van der Waals surface area contributed by atoms with Crippen LogP contribution in [-0.4, -0.2) is 18.1 Å². The lowest BCUT2D eigenvalue weighted by molar-refractivity contribution is -0.115. The van der Waals surface area contributed by atoms with Gasteiger partial charge in [-0.25, -0.2) is 0 Å². The number of thiocarbonyl (C=S) groups is 1. The van der Waals surface area contributed by atoms with Crippen molar-refractivity contribution in [3.8, 4) is 5.75 Å². The standard InChI is InChI=1S/C18H18N2O2S/c1-13-7-10-15(11-8-13)19-18(23)20-17(21)12-9-14-5-3-4-6-16(14)22-2/h3-12H,1-2H3,(H2,19,20,21,23)/b12-9+. The third-order valence-corrected chi connectivity index (χ3v) is 3.30. The molecule has 2 N–H and O–H groups in total. The van der Waals surface area contributed by atoms with Crippen molar-refractivity contribution in [3.05, 3.63) is 65.7 Å². The van der Waals surface area contributed by atoms with Crippen LogP contribution in [0.2, 0.25) is 0 Å². The average molecular weight is 326 g/mol. The number of amides is 1.